The summed E-state index contributed by atoms with van der Waals surface area (Å²) in [6.07, 6.45) is 4.10. The minimum Gasteiger partial charge on any atom is -1.00 e. The Morgan fingerprint density at radius 2 is 1.29 bits per heavy atom. The average Bonchev–Trinajstić information content (AvgIpc) is 2.74. The van der Waals surface area contributed by atoms with Crippen LogP contribution >= 0.6 is 0 Å². The normalized spacial score (nSPS) is 28.6. The molecule has 0 aliphatic carbocycles. The van der Waals surface area contributed by atoms with E-state index >= 15 is 0 Å². The Kier molecular flexibility index (Phi) is 7.09. The molecule has 0 bridgehead atoms. The molecule has 0 spiro atoms. The molecule has 2 aliphatic heterocycles. The van der Waals surface area contributed by atoms with Crippen LogP contribution in [0.2, 0.25) is 0 Å². The van der Waals surface area contributed by atoms with Crippen LogP contribution in [0.3, 0.4) is 0 Å². The molecule has 2 heterocycles. The Balaban J connectivity index is 0.000000845. The summed E-state index contributed by atoms with van der Waals surface area (Å²) in [5.41, 5.74) is 0. The fraction of sp³-hybridized carbons (Fsp3) is 0.750. The van der Waals surface area contributed by atoms with Crippen molar-refractivity contribution < 1.29 is 34.6 Å². The number of halogens is 2. The predicted octanol–water partition coefficient (Wildman–Crippen LogP) is -9.15. The zero-order chi connectivity index (χ0) is 8.23. The highest BCUT2D eigenvalue weighted by Crippen LogP contribution is 1.68. The first kappa shape index (κ1) is 13.8. The summed E-state index contributed by atoms with van der Waals surface area (Å²) >= 11 is 0. The number of nitrogens with zero attached hydrogens (tertiary/aromatic N) is 2. The molecule has 0 aromatic rings. The minimum absolute atomic E-state index is 0. The fourth-order valence-corrected chi connectivity index (χ4v) is 1.63. The van der Waals surface area contributed by atoms with Gasteiger partial charge in [0.15, 0.2) is 12.7 Å². The molecular formula is C8H16Cl2N4. The van der Waals surface area contributed by atoms with E-state index in [1.807, 2.05) is 12.7 Å². The molecule has 0 saturated heterocycles. The van der Waals surface area contributed by atoms with Gasteiger partial charge in [0.2, 0.25) is 0 Å². The molecule has 82 valence electrons. The van der Waals surface area contributed by atoms with Gasteiger partial charge >= 0.3 is 0 Å². The lowest BCUT2D eigenvalue weighted by atomic mass is 10.5. The Labute approximate surface area is 96.9 Å². The van der Waals surface area contributed by atoms with Crippen LogP contribution in [-0.4, -0.2) is 51.9 Å². The van der Waals surface area contributed by atoms with E-state index in [-0.39, 0.29) is 24.8 Å². The van der Waals surface area contributed by atoms with E-state index in [0.29, 0.717) is 0 Å². The lowest BCUT2D eigenvalue weighted by molar-refractivity contribution is -0.854. The Morgan fingerprint density at radius 3 is 1.57 bits per heavy atom. The maximum absolute atomic E-state index is 4.21. The SMILES string of the molecule is C1=NCC[NH+]1CC[NH+]1C=NCC1.[Cl-].[Cl-]. The van der Waals surface area contributed by atoms with Crippen molar-refractivity contribution in [1.29, 1.82) is 0 Å². The van der Waals surface area contributed by atoms with Crippen LogP contribution in [0.1, 0.15) is 0 Å². The molecule has 0 fully saturated rings. The van der Waals surface area contributed by atoms with Crippen molar-refractivity contribution in [2.75, 3.05) is 39.3 Å². The highest BCUT2D eigenvalue weighted by Gasteiger charge is 2.16. The van der Waals surface area contributed by atoms with E-state index in [1.165, 1.54) is 36.0 Å². The van der Waals surface area contributed by atoms with Gasteiger partial charge in [-0.2, -0.15) is 0 Å². The summed E-state index contributed by atoms with van der Waals surface area (Å²) in [6, 6.07) is 0. The maximum atomic E-state index is 4.21. The molecule has 0 aromatic carbocycles. The second-order valence-electron chi connectivity index (χ2n) is 3.39. The van der Waals surface area contributed by atoms with Gasteiger partial charge < -0.3 is 24.8 Å². The van der Waals surface area contributed by atoms with Gasteiger partial charge in [0.25, 0.3) is 0 Å². The van der Waals surface area contributed by atoms with Crippen molar-refractivity contribution in [2.24, 2.45) is 9.98 Å². The molecule has 2 unspecified atom stereocenters. The molecule has 2 atom stereocenters. The molecular weight excluding hydrogens is 223 g/mol. The van der Waals surface area contributed by atoms with E-state index in [0.717, 1.165) is 13.1 Å². The zero-order valence-corrected chi connectivity index (χ0v) is 9.56. The summed E-state index contributed by atoms with van der Waals surface area (Å²) in [6.45, 7) is 6.79. The maximum Gasteiger partial charge on any atom is 0.184 e. The standard InChI is InChI=1S/C8H14N4.2ClH/c1-3-11(7-9-1)5-6-12-4-2-10-8-12;;/h7-8H,1-6H2;2*1H. The van der Waals surface area contributed by atoms with Crippen LogP contribution in [-0.2, 0) is 0 Å². The summed E-state index contributed by atoms with van der Waals surface area (Å²) in [5, 5.41) is 0. The van der Waals surface area contributed by atoms with E-state index in [2.05, 4.69) is 9.98 Å². The van der Waals surface area contributed by atoms with Gasteiger partial charge in [-0.05, 0) is 0 Å². The second kappa shape index (κ2) is 7.17. The van der Waals surface area contributed by atoms with Crippen LogP contribution in [0.4, 0.5) is 0 Å². The van der Waals surface area contributed by atoms with Gasteiger partial charge in [0, 0.05) is 0 Å². The van der Waals surface area contributed by atoms with Crippen molar-refractivity contribution >= 4 is 12.7 Å². The molecule has 6 heteroatoms. The molecule has 0 amide bonds. The molecule has 4 nitrogen and oxygen atoms in total. The molecule has 2 rings (SSSR count). The molecule has 0 aromatic heterocycles. The number of hydrogen-bond donors (Lipinski definition) is 2. The number of aliphatic imine (C=N–C) groups is 2. The quantitative estimate of drug-likeness (QED) is 0.490. The molecule has 2 N–H and O–H groups in total. The lowest BCUT2D eigenvalue weighted by Crippen LogP contribution is -3.18. The van der Waals surface area contributed by atoms with Crippen molar-refractivity contribution in [1.82, 2.24) is 0 Å². The van der Waals surface area contributed by atoms with Gasteiger partial charge in [-0.15, -0.1) is 0 Å². The smallest absolute Gasteiger partial charge is 0.184 e. The van der Waals surface area contributed by atoms with Gasteiger partial charge in [0.1, 0.15) is 26.2 Å². The first-order valence-corrected chi connectivity index (χ1v) is 4.64. The van der Waals surface area contributed by atoms with Gasteiger partial charge in [0.05, 0.1) is 13.1 Å². The largest absolute Gasteiger partial charge is 1.00 e. The van der Waals surface area contributed by atoms with Crippen LogP contribution in [0, 0.1) is 0 Å². The summed E-state index contributed by atoms with van der Waals surface area (Å²) < 4.78 is 0. The topological polar surface area (TPSA) is 33.6 Å². The third kappa shape index (κ3) is 3.92. The summed E-state index contributed by atoms with van der Waals surface area (Å²) in [5.74, 6) is 0. The van der Waals surface area contributed by atoms with E-state index < -0.39 is 0 Å². The number of hydrogen-bond acceptors (Lipinski definition) is 2. The van der Waals surface area contributed by atoms with Gasteiger partial charge in [-0.25, -0.2) is 9.98 Å². The summed E-state index contributed by atoms with van der Waals surface area (Å²) in [7, 11) is 0. The zero-order valence-electron chi connectivity index (χ0n) is 8.05. The molecule has 0 radical (unpaired) electrons. The van der Waals surface area contributed by atoms with Crippen LogP contribution in [0.25, 0.3) is 0 Å². The number of nitrogens with one attached hydrogen (secondary N) is 2. The Morgan fingerprint density at radius 1 is 0.857 bits per heavy atom. The molecule has 14 heavy (non-hydrogen) atoms. The predicted molar refractivity (Wildman–Crippen MR) is 48.1 cm³/mol. The highest BCUT2D eigenvalue weighted by molar-refractivity contribution is 5.45. The second-order valence-corrected chi connectivity index (χ2v) is 3.39. The van der Waals surface area contributed by atoms with E-state index in [4.69, 9.17) is 0 Å². The van der Waals surface area contributed by atoms with Crippen LogP contribution < -0.4 is 34.6 Å². The number of quaternary nitrogens is 2. The molecule has 0 saturated carbocycles. The Hall–Kier alpha value is -0.160. The number of rotatable bonds is 3. The lowest BCUT2D eigenvalue weighted by Gasteiger charge is -2.10. The van der Waals surface area contributed by atoms with E-state index in [1.54, 1.807) is 0 Å². The third-order valence-electron chi connectivity index (χ3n) is 2.44. The first-order chi connectivity index (χ1) is 5.95. The fourth-order valence-electron chi connectivity index (χ4n) is 1.63. The average molecular weight is 239 g/mol. The van der Waals surface area contributed by atoms with Gasteiger partial charge in [-0.1, -0.05) is 0 Å². The van der Waals surface area contributed by atoms with E-state index in [9.17, 15) is 0 Å². The first-order valence-electron chi connectivity index (χ1n) is 4.64. The Bertz CT molecular complexity index is 186. The summed E-state index contributed by atoms with van der Waals surface area (Å²) in [4.78, 5) is 11.4. The van der Waals surface area contributed by atoms with Crippen LogP contribution in [0.5, 0.6) is 0 Å². The van der Waals surface area contributed by atoms with Crippen molar-refractivity contribution in [3.63, 3.8) is 0 Å². The highest BCUT2D eigenvalue weighted by atomic mass is 35.5. The molecule has 2 aliphatic rings. The van der Waals surface area contributed by atoms with Crippen molar-refractivity contribution in [3.8, 4) is 0 Å². The van der Waals surface area contributed by atoms with Crippen molar-refractivity contribution in [3.05, 3.63) is 0 Å². The van der Waals surface area contributed by atoms with Gasteiger partial charge in [-0.3, -0.25) is 9.80 Å². The minimum atomic E-state index is 0. The van der Waals surface area contributed by atoms with Crippen LogP contribution in [0.15, 0.2) is 9.98 Å². The van der Waals surface area contributed by atoms with Crippen molar-refractivity contribution in [2.45, 2.75) is 0 Å². The monoisotopic (exact) mass is 238 g/mol. The third-order valence-corrected chi connectivity index (χ3v) is 2.44.